The summed E-state index contributed by atoms with van der Waals surface area (Å²) in [6.07, 6.45) is 6.39. The minimum absolute atomic E-state index is 0.177. The number of carbonyl (C=O) groups is 2. The Morgan fingerprint density at radius 2 is 2.17 bits per heavy atom. The Morgan fingerprint density at radius 3 is 2.75 bits per heavy atom. The molecule has 1 unspecified atom stereocenters. The van der Waals surface area contributed by atoms with Crippen molar-refractivity contribution in [1.29, 1.82) is 0 Å². The maximum absolute atomic E-state index is 11.1. The topological polar surface area (TPSA) is 78.4 Å². The highest BCUT2D eigenvalue weighted by molar-refractivity contribution is 9.10. The van der Waals surface area contributed by atoms with E-state index in [1.807, 2.05) is 6.07 Å². The smallest absolute Gasteiger partial charge is 0.339 e. The van der Waals surface area contributed by atoms with Crippen molar-refractivity contribution in [2.45, 2.75) is 12.3 Å². The zero-order valence-corrected chi connectivity index (χ0v) is 15.2. The maximum Gasteiger partial charge on any atom is 0.339 e. The number of hydrogen-bond acceptors (Lipinski definition) is 6. The summed E-state index contributed by atoms with van der Waals surface area (Å²) in [4.78, 5) is 28.7. The zero-order valence-electron chi connectivity index (χ0n) is 12.9. The SMILES string of the molecule is CCOC(=O)c1cncc(Br)c1.O=COCC(Cl)c1cccnc1. The molecular weight excluding hydrogens is 400 g/mol. The van der Waals surface area contributed by atoms with Gasteiger partial charge in [0.05, 0.1) is 17.5 Å². The van der Waals surface area contributed by atoms with E-state index in [0.717, 1.165) is 10.0 Å². The van der Waals surface area contributed by atoms with Gasteiger partial charge in [0.15, 0.2) is 0 Å². The van der Waals surface area contributed by atoms with E-state index in [0.29, 0.717) is 18.6 Å². The Morgan fingerprint density at radius 1 is 1.38 bits per heavy atom. The summed E-state index contributed by atoms with van der Waals surface area (Å²) in [6, 6.07) is 5.29. The summed E-state index contributed by atoms with van der Waals surface area (Å²) in [5.41, 5.74) is 1.31. The minimum Gasteiger partial charge on any atom is -0.466 e. The molecule has 6 nitrogen and oxygen atoms in total. The molecule has 8 heteroatoms. The summed E-state index contributed by atoms with van der Waals surface area (Å²) in [7, 11) is 0. The van der Waals surface area contributed by atoms with Gasteiger partial charge in [0, 0.05) is 29.3 Å². The lowest BCUT2D eigenvalue weighted by molar-refractivity contribution is -0.128. The van der Waals surface area contributed by atoms with Gasteiger partial charge in [-0.3, -0.25) is 14.8 Å². The molecule has 0 aliphatic rings. The number of halogens is 2. The Bertz CT molecular complexity index is 643. The molecule has 0 fully saturated rings. The Hall–Kier alpha value is -1.99. The van der Waals surface area contributed by atoms with E-state index in [2.05, 4.69) is 30.6 Å². The van der Waals surface area contributed by atoms with Gasteiger partial charge in [-0.05, 0) is 40.5 Å². The molecule has 0 aliphatic heterocycles. The minimum atomic E-state index is -0.341. The molecule has 0 aliphatic carbocycles. The molecular formula is C16H16BrClN2O4. The van der Waals surface area contributed by atoms with Gasteiger partial charge < -0.3 is 9.47 Å². The van der Waals surface area contributed by atoms with Crippen LogP contribution >= 0.6 is 27.5 Å². The van der Waals surface area contributed by atoms with E-state index < -0.39 is 0 Å². The van der Waals surface area contributed by atoms with Crippen LogP contribution in [0.2, 0.25) is 0 Å². The van der Waals surface area contributed by atoms with Crippen LogP contribution in [0, 0.1) is 0 Å². The van der Waals surface area contributed by atoms with Crippen molar-refractivity contribution in [1.82, 2.24) is 9.97 Å². The van der Waals surface area contributed by atoms with E-state index in [1.165, 1.54) is 6.20 Å². The summed E-state index contributed by atoms with van der Waals surface area (Å²) >= 11 is 9.07. The predicted octanol–water partition coefficient (Wildman–Crippen LogP) is 3.56. The quantitative estimate of drug-likeness (QED) is 0.408. The van der Waals surface area contributed by atoms with Crippen molar-refractivity contribution in [2.75, 3.05) is 13.2 Å². The summed E-state index contributed by atoms with van der Waals surface area (Å²) in [5.74, 6) is -0.341. The first-order valence-electron chi connectivity index (χ1n) is 6.95. The van der Waals surface area contributed by atoms with Crippen LogP contribution in [0.5, 0.6) is 0 Å². The van der Waals surface area contributed by atoms with Crippen molar-refractivity contribution in [3.63, 3.8) is 0 Å². The highest BCUT2D eigenvalue weighted by Gasteiger charge is 2.07. The molecule has 0 saturated carbocycles. The molecule has 2 aromatic heterocycles. The second-order valence-corrected chi connectivity index (χ2v) is 5.74. The largest absolute Gasteiger partial charge is 0.466 e. The van der Waals surface area contributed by atoms with Gasteiger partial charge in [-0.2, -0.15) is 0 Å². The van der Waals surface area contributed by atoms with Gasteiger partial charge in [0.2, 0.25) is 0 Å². The summed E-state index contributed by atoms with van der Waals surface area (Å²) < 4.78 is 10.1. The van der Waals surface area contributed by atoms with E-state index in [1.54, 1.807) is 37.6 Å². The van der Waals surface area contributed by atoms with Crippen LogP contribution in [-0.4, -0.2) is 35.6 Å². The van der Waals surface area contributed by atoms with Crippen molar-refractivity contribution < 1.29 is 19.1 Å². The van der Waals surface area contributed by atoms with Gasteiger partial charge in [-0.25, -0.2) is 4.79 Å². The molecule has 24 heavy (non-hydrogen) atoms. The molecule has 0 bridgehead atoms. The third-order valence-corrected chi connectivity index (χ3v) is 3.38. The van der Waals surface area contributed by atoms with Gasteiger partial charge in [0.25, 0.3) is 6.47 Å². The van der Waals surface area contributed by atoms with Crippen LogP contribution in [0.4, 0.5) is 0 Å². The normalized spacial score (nSPS) is 10.8. The van der Waals surface area contributed by atoms with E-state index in [9.17, 15) is 9.59 Å². The van der Waals surface area contributed by atoms with Gasteiger partial charge in [-0.15, -0.1) is 11.6 Å². The fourth-order valence-corrected chi connectivity index (χ4v) is 2.09. The molecule has 2 aromatic rings. The van der Waals surface area contributed by atoms with Crippen LogP contribution in [0.3, 0.4) is 0 Å². The number of esters is 1. The second-order valence-electron chi connectivity index (χ2n) is 4.30. The average Bonchev–Trinajstić information content (AvgIpc) is 2.61. The zero-order chi connectivity index (χ0) is 17.8. The average molecular weight is 416 g/mol. The van der Waals surface area contributed by atoms with Crippen LogP contribution in [-0.2, 0) is 14.3 Å². The van der Waals surface area contributed by atoms with Gasteiger partial charge in [0.1, 0.15) is 6.61 Å². The monoisotopic (exact) mass is 414 g/mol. The fourth-order valence-electron chi connectivity index (χ4n) is 1.52. The molecule has 0 saturated heterocycles. The first-order valence-corrected chi connectivity index (χ1v) is 8.18. The highest BCUT2D eigenvalue weighted by Crippen LogP contribution is 2.18. The Kier molecular flexibility index (Phi) is 9.64. The molecule has 0 spiro atoms. The van der Waals surface area contributed by atoms with Gasteiger partial charge >= 0.3 is 5.97 Å². The Labute approximate surface area is 153 Å². The number of nitrogens with zero attached hydrogens (tertiary/aromatic N) is 2. The van der Waals surface area contributed by atoms with Crippen LogP contribution in [0.25, 0.3) is 0 Å². The van der Waals surface area contributed by atoms with E-state index in [-0.39, 0.29) is 18.0 Å². The molecule has 0 radical (unpaired) electrons. The lowest BCUT2D eigenvalue weighted by atomic mass is 10.2. The molecule has 2 heterocycles. The molecule has 1 atom stereocenters. The molecule has 0 aromatic carbocycles. The van der Waals surface area contributed by atoms with Gasteiger partial charge in [-0.1, -0.05) is 6.07 Å². The first-order chi connectivity index (χ1) is 11.6. The molecule has 0 N–H and O–H groups in total. The van der Waals surface area contributed by atoms with Crippen LogP contribution in [0.15, 0.2) is 47.5 Å². The maximum atomic E-state index is 11.1. The number of hydrogen-bond donors (Lipinski definition) is 0. The second kappa shape index (κ2) is 11.5. The lowest BCUT2D eigenvalue weighted by Gasteiger charge is -2.06. The number of carbonyl (C=O) groups excluding carboxylic acids is 2. The summed E-state index contributed by atoms with van der Waals surface area (Å²) in [5, 5.41) is -0.316. The van der Waals surface area contributed by atoms with Crippen molar-refractivity contribution in [2.24, 2.45) is 0 Å². The van der Waals surface area contributed by atoms with Crippen molar-refractivity contribution >= 4 is 40.0 Å². The number of pyridine rings is 2. The number of alkyl halides is 1. The lowest BCUT2D eigenvalue weighted by Crippen LogP contribution is -2.04. The van der Waals surface area contributed by atoms with E-state index in [4.69, 9.17) is 16.3 Å². The summed E-state index contributed by atoms with van der Waals surface area (Å²) in [6.45, 7) is 2.71. The third-order valence-electron chi connectivity index (χ3n) is 2.57. The van der Waals surface area contributed by atoms with Crippen LogP contribution in [0.1, 0.15) is 28.2 Å². The molecule has 0 amide bonds. The molecule has 2 rings (SSSR count). The van der Waals surface area contributed by atoms with Crippen molar-refractivity contribution in [3.8, 4) is 0 Å². The van der Waals surface area contributed by atoms with Crippen LogP contribution < -0.4 is 0 Å². The standard InChI is InChI=1S/C8H8BrNO2.C8H8ClNO2/c1-2-12-8(11)6-3-7(9)5-10-4-6;9-8(5-12-6-11)7-2-1-3-10-4-7/h3-5H,2H2,1H3;1-4,6,8H,5H2. The third kappa shape index (κ3) is 7.52. The van der Waals surface area contributed by atoms with E-state index >= 15 is 0 Å². The number of rotatable bonds is 6. The number of ether oxygens (including phenoxy) is 2. The van der Waals surface area contributed by atoms with Crippen molar-refractivity contribution in [3.05, 3.63) is 58.6 Å². The predicted molar refractivity (Wildman–Crippen MR) is 92.7 cm³/mol. The number of aromatic nitrogens is 2. The highest BCUT2D eigenvalue weighted by atomic mass is 79.9. The fraction of sp³-hybridized carbons (Fsp3) is 0.250. The molecule has 128 valence electrons. The first kappa shape index (κ1) is 20.1. The Balaban J connectivity index is 0.000000240.